The third-order valence-electron chi connectivity index (χ3n) is 4.66. The Hall–Kier alpha value is 0.280. The third kappa shape index (κ3) is 10.8. The monoisotopic (exact) mass is 661 g/mol. The van der Waals surface area contributed by atoms with Gasteiger partial charge < -0.3 is 20.1 Å². The van der Waals surface area contributed by atoms with E-state index in [1.807, 2.05) is 0 Å². The fourth-order valence-corrected chi connectivity index (χ4v) is 5.59. The minimum atomic E-state index is -5.08. The molecule has 0 fully saturated rings. The zero-order valence-corrected chi connectivity index (χ0v) is 30.3. The van der Waals surface area contributed by atoms with Gasteiger partial charge in [0.25, 0.3) is 0 Å². The predicted molar refractivity (Wildman–Crippen MR) is 123 cm³/mol. The molecule has 0 saturated carbocycles. The smallest absolute Gasteiger partial charge is 0.744 e. The Balaban J connectivity index is 0.00000507. The molecule has 0 aliphatic rings. The Kier molecular flexibility index (Phi) is 17.1. The summed E-state index contributed by atoms with van der Waals surface area (Å²) in [6.07, 6.45) is 0. The number of nitrogens with zero attached hydrogens (tertiary/aromatic N) is 2. The van der Waals surface area contributed by atoms with Gasteiger partial charge >= 0.3 is 88.7 Å². The average Bonchev–Trinajstić information content (AvgIpc) is 2.82. The van der Waals surface area contributed by atoms with E-state index in [0.717, 1.165) is 24.3 Å². The molecule has 200 valence electrons. The zero-order chi connectivity index (χ0) is 27.4. The summed E-state index contributed by atoms with van der Waals surface area (Å²) in [5.74, 6) is -0.454. The van der Waals surface area contributed by atoms with E-state index < -0.39 is 45.6 Å². The number of sulfone groups is 1. The van der Waals surface area contributed by atoms with Gasteiger partial charge in [0.1, 0.15) is 25.9 Å². The summed E-state index contributed by atoms with van der Waals surface area (Å²) in [5.41, 5.74) is 5.51. The van der Waals surface area contributed by atoms with Gasteiger partial charge in [-0.1, -0.05) is 6.07 Å². The van der Waals surface area contributed by atoms with Crippen LogP contribution in [0.25, 0.3) is 10.8 Å². The van der Waals surface area contributed by atoms with Crippen LogP contribution in [0.5, 0.6) is 0 Å². The van der Waals surface area contributed by atoms with Crippen molar-refractivity contribution in [3.05, 3.63) is 48.5 Å². The average molecular weight is 662 g/mol. The van der Waals surface area contributed by atoms with E-state index in [-0.39, 0.29) is 140 Å². The second kappa shape index (κ2) is 16.9. The Morgan fingerprint density at radius 2 is 1.40 bits per heavy atom. The topological polar surface area (TPSA) is 250 Å². The number of hydrogen-bond donors (Lipinski definition) is 1. The van der Waals surface area contributed by atoms with Gasteiger partial charge in [-0.25, -0.2) is 25.3 Å². The first-order valence-corrected chi connectivity index (χ1v) is 14.6. The molecule has 3 aromatic rings. The van der Waals surface area contributed by atoms with E-state index in [0.29, 0.717) is 0 Å². The molecule has 0 aliphatic heterocycles. The Morgan fingerprint density at radius 1 is 0.800 bits per heavy atom. The molecule has 3 aromatic carbocycles. The van der Waals surface area contributed by atoms with Crippen molar-refractivity contribution in [3.8, 4) is 0 Å². The molecule has 15 nitrogen and oxygen atoms in total. The minimum absolute atomic E-state index is 0. The van der Waals surface area contributed by atoms with E-state index in [2.05, 4.69) is 23.8 Å². The van der Waals surface area contributed by atoms with E-state index >= 15 is 0 Å². The second-order valence-electron chi connectivity index (χ2n) is 6.96. The van der Waals surface area contributed by atoms with Gasteiger partial charge in [0.05, 0.1) is 38.4 Å². The van der Waals surface area contributed by atoms with Crippen LogP contribution in [0, 0.1) is 0 Å². The SMILES string of the molecule is Nc1c(N=Nc2ccc(S(=O)(=O)CCOSOO[O-])cc2)cc(S(=O)(=O)[O-])c2ccc(S(=O)(=O)[O-])cc12.[Na+].[Na+].[Na+]. The molecular weight excluding hydrogens is 647 g/mol. The van der Waals surface area contributed by atoms with Crippen LogP contribution in [0.15, 0.2) is 73.4 Å². The summed E-state index contributed by atoms with van der Waals surface area (Å²) in [5, 5.41) is 19.9. The van der Waals surface area contributed by atoms with Crippen molar-refractivity contribution in [3.63, 3.8) is 0 Å². The van der Waals surface area contributed by atoms with Crippen LogP contribution in [0.3, 0.4) is 0 Å². The molecule has 0 aromatic heterocycles. The number of hydrogen-bond acceptors (Lipinski definition) is 16. The van der Waals surface area contributed by atoms with Gasteiger partial charge in [-0.05, 0) is 42.5 Å². The van der Waals surface area contributed by atoms with Crippen molar-refractivity contribution >= 4 is 70.2 Å². The maximum Gasteiger partial charge on any atom is 1.00 e. The largest absolute Gasteiger partial charge is 1.00 e. The summed E-state index contributed by atoms with van der Waals surface area (Å²) in [6, 6.07) is 8.42. The maximum absolute atomic E-state index is 12.3. The predicted octanol–water partition coefficient (Wildman–Crippen LogP) is -7.77. The van der Waals surface area contributed by atoms with Crippen LogP contribution in [0.4, 0.5) is 17.1 Å². The summed E-state index contributed by atoms with van der Waals surface area (Å²) in [4.78, 5) is -1.58. The molecule has 0 saturated heterocycles. The standard InChI is InChI=1S/C18H17N3O12S4.3Na/c19-18-15-9-13(36(25,26)27)5-6-14(15)17(37(28,29)30)10-16(18)21-20-11-1-3-12(4-2-11)35(23,24)8-7-31-34-33-32-22;;;/h1-6,9-10,22H,7-8,19H2,(H,25,26,27)(H,28,29,30);;;/q;3*+1/p-3. The van der Waals surface area contributed by atoms with Gasteiger partial charge in [-0.3, -0.25) is 9.22 Å². The number of azo groups is 1. The Morgan fingerprint density at radius 3 is 1.95 bits per heavy atom. The van der Waals surface area contributed by atoms with Gasteiger partial charge in [0.15, 0.2) is 22.2 Å². The first-order valence-electron chi connectivity index (χ1n) is 9.51. The normalized spacial score (nSPS) is 12.0. The maximum atomic E-state index is 12.3. The van der Waals surface area contributed by atoms with E-state index in [1.165, 1.54) is 24.3 Å². The second-order valence-corrected chi connectivity index (χ2v) is 12.3. The van der Waals surface area contributed by atoms with Crippen LogP contribution in [-0.2, 0) is 43.6 Å². The molecule has 0 aliphatic carbocycles. The number of nitrogen functional groups attached to an aromatic ring is 1. The first-order chi connectivity index (χ1) is 17.2. The van der Waals surface area contributed by atoms with Crippen LogP contribution in [-0.4, -0.2) is 46.7 Å². The van der Waals surface area contributed by atoms with Crippen molar-refractivity contribution in [2.75, 3.05) is 18.1 Å². The molecule has 0 spiro atoms. The van der Waals surface area contributed by atoms with Gasteiger partial charge in [-0.2, -0.15) is 5.11 Å². The summed E-state index contributed by atoms with van der Waals surface area (Å²) in [6.45, 7) is -0.320. The zero-order valence-electron chi connectivity index (χ0n) is 21.0. The third-order valence-corrected chi connectivity index (χ3v) is 8.43. The van der Waals surface area contributed by atoms with Crippen molar-refractivity contribution in [2.45, 2.75) is 14.7 Å². The van der Waals surface area contributed by atoms with Crippen LogP contribution in [0.2, 0.25) is 0 Å². The van der Waals surface area contributed by atoms with Crippen LogP contribution < -0.4 is 99.7 Å². The van der Waals surface area contributed by atoms with E-state index in [1.54, 1.807) is 0 Å². The molecule has 0 radical (unpaired) electrons. The quantitative estimate of drug-likeness (QED) is 0.0293. The van der Waals surface area contributed by atoms with Crippen molar-refractivity contribution in [1.82, 2.24) is 0 Å². The van der Waals surface area contributed by atoms with Crippen LogP contribution >= 0.6 is 12.3 Å². The van der Waals surface area contributed by atoms with Gasteiger partial charge in [-0.15, -0.1) is 9.45 Å². The fourth-order valence-electron chi connectivity index (χ4n) is 2.98. The summed E-state index contributed by atoms with van der Waals surface area (Å²) < 4.78 is 103. The Labute approximate surface area is 299 Å². The molecule has 3 rings (SSSR count). The van der Waals surface area contributed by atoms with Gasteiger partial charge in [0, 0.05) is 10.8 Å². The minimum Gasteiger partial charge on any atom is -0.744 e. The number of rotatable bonds is 11. The molecule has 0 bridgehead atoms. The number of nitrogens with two attached hydrogens (primary N) is 1. The molecule has 0 amide bonds. The summed E-state index contributed by atoms with van der Waals surface area (Å²) in [7, 11) is -13.8. The Bertz CT molecular complexity index is 1670. The molecule has 40 heavy (non-hydrogen) atoms. The van der Waals surface area contributed by atoms with Crippen molar-refractivity contribution < 1.29 is 142 Å². The first kappa shape index (κ1) is 40.3. The molecular formula is C18H14N3Na3O12S4. The van der Waals surface area contributed by atoms with E-state index in [4.69, 9.17) is 5.73 Å². The van der Waals surface area contributed by atoms with Crippen LogP contribution in [0.1, 0.15) is 0 Å². The summed E-state index contributed by atoms with van der Waals surface area (Å²) >= 11 is 0.163. The molecule has 0 unspecified atom stereocenters. The molecule has 0 heterocycles. The number of anilines is 1. The number of fused-ring (bicyclic) bond motifs is 1. The molecule has 2 N–H and O–H groups in total. The van der Waals surface area contributed by atoms with Crippen molar-refractivity contribution in [2.24, 2.45) is 10.2 Å². The fraction of sp³-hybridized carbons (Fsp3) is 0.111. The van der Waals surface area contributed by atoms with E-state index in [9.17, 15) is 39.6 Å². The van der Waals surface area contributed by atoms with Gasteiger partial charge in [0.2, 0.25) is 0 Å². The molecule has 0 atom stereocenters. The van der Waals surface area contributed by atoms with Crippen molar-refractivity contribution in [1.29, 1.82) is 0 Å². The molecule has 22 heteroatoms. The number of benzene rings is 3.